The van der Waals surface area contributed by atoms with E-state index in [-0.39, 0.29) is 11.8 Å². The van der Waals surface area contributed by atoms with Crippen molar-refractivity contribution in [1.82, 2.24) is 5.32 Å². The first kappa shape index (κ1) is 14.4. The molecule has 0 atom stereocenters. The summed E-state index contributed by atoms with van der Waals surface area (Å²) in [5.41, 5.74) is 5.68. The van der Waals surface area contributed by atoms with E-state index < -0.39 is 0 Å². The number of anilines is 1. The smallest absolute Gasteiger partial charge is 0.319 e. The zero-order chi connectivity index (χ0) is 13.2. The lowest BCUT2D eigenvalue weighted by molar-refractivity contribution is 0.139. The first-order valence-electron chi connectivity index (χ1n) is 5.80. The van der Waals surface area contributed by atoms with Crippen LogP contribution in [0.5, 0.6) is 0 Å². The van der Waals surface area contributed by atoms with Crippen LogP contribution >= 0.6 is 0 Å². The highest BCUT2D eigenvalue weighted by molar-refractivity contribution is 5.89. The van der Waals surface area contributed by atoms with Gasteiger partial charge in [0.2, 0.25) is 0 Å². The monoisotopic (exact) mass is 255 g/mol. The number of benzene rings is 1. The molecule has 6 heteroatoms. The highest BCUT2D eigenvalue weighted by Gasteiger charge is 2.01. The van der Waals surface area contributed by atoms with Gasteiger partial charge >= 0.3 is 6.03 Å². The third-order valence-corrected chi connectivity index (χ3v) is 2.10. The summed E-state index contributed by atoms with van der Waals surface area (Å²) in [5, 5.41) is 5.18. The molecule has 0 fully saturated rings. The zero-order valence-electron chi connectivity index (χ0n) is 10.1. The molecule has 100 valence electrons. The van der Waals surface area contributed by atoms with Crippen LogP contribution in [0.2, 0.25) is 0 Å². The lowest BCUT2D eigenvalue weighted by atomic mass is 10.3. The maximum absolute atomic E-state index is 12.8. The van der Waals surface area contributed by atoms with Crippen LogP contribution in [0.15, 0.2) is 24.3 Å². The van der Waals surface area contributed by atoms with Gasteiger partial charge < -0.3 is 21.1 Å². The number of nitrogens with two attached hydrogens (primary N) is 1. The van der Waals surface area contributed by atoms with Crippen molar-refractivity contribution in [2.45, 2.75) is 6.42 Å². The Morgan fingerprint density at radius 3 is 2.94 bits per heavy atom. The van der Waals surface area contributed by atoms with Crippen LogP contribution in [0.25, 0.3) is 0 Å². The van der Waals surface area contributed by atoms with Gasteiger partial charge in [-0.15, -0.1) is 0 Å². The summed E-state index contributed by atoms with van der Waals surface area (Å²) >= 11 is 0. The second kappa shape index (κ2) is 8.43. The minimum atomic E-state index is -0.386. The fourth-order valence-electron chi connectivity index (χ4n) is 1.30. The fraction of sp³-hybridized carbons (Fsp3) is 0.417. The molecule has 0 bridgehead atoms. The van der Waals surface area contributed by atoms with Gasteiger partial charge in [-0.2, -0.15) is 0 Å². The van der Waals surface area contributed by atoms with Crippen molar-refractivity contribution >= 4 is 11.7 Å². The average Bonchev–Trinajstić information content (AvgIpc) is 2.33. The van der Waals surface area contributed by atoms with Crippen molar-refractivity contribution in [2.75, 3.05) is 31.6 Å². The van der Waals surface area contributed by atoms with Gasteiger partial charge in [0.1, 0.15) is 5.82 Å². The standard InChI is InChI=1S/C12H18FN3O2/c13-10-3-1-4-11(9-10)16-12(17)15-6-2-7-18-8-5-14/h1,3-4,9H,2,5-8,14H2,(H2,15,16,17). The summed E-state index contributed by atoms with van der Waals surface area (Å²) in [4.78, 5) is 11.4. The molecule has 0 saturated carbocycles. The van der Waals surface area contributed by atoms with Gasteiger partial charge in [0.05, 0.1) is 6.61 Å². The van der Waals surface area contributed by atoms with E-state index in [4.69, 9.17) is 10.5 Å². The molecule has 0 spiro atoms. The molecule has 0 unspecified atom stereocenters. The molecule has 0 aromatic heterocycles. The minimum absolute atomic E-state index is 0.362. The molecule has 0 saturated heterocycles. The molecule has 0 aliphatic carbocycles. The largest absolute Gasteiger partial charge is 0.380 e. The third-order valence-electron chi connectivity index (χ3n) is 2.10. The number of ether oxygens (including phenoxy) is 1. The van der Waals surface area contributed by atoms with Crippen LogP contribution < -0.4 is 16.4 Å². The molecule has 0 aliphatic rings. The maximum Gasteiger partial charge on any atom is 0.319 e. The van der Waals surface area contributed by atoms with Crippen LogP contribution in [0.3, 0.4) is 0 Å². The lowest BCUT2D eigenvalue weighted by Crippen LogP contribution is -2.30. The van der Waals surface area contributed by atoms with E-state index in [1.54, 1.807) is 6.07 Å². The number of nitrogens with one attached hydrogen (secondary N) is 2. The van der Waals surface area contributed by atoms with Crippen LogP contribution in [-0.2, 0) is 4.74 Å². The molecule has 2 amide bonds. The molecule has 1 aromatic carbocycles. The van der Waals surface area contributed by atoms with Gasteiger partial charge in [-0.3, -0.25) is 0 Å². The Morgan fingerprint density at radius 2 is 2.22 bits per heavy atom. The number of carbonyl (C=O) groups excluding carboxylic acids is 1. The Bertz CT molecular complexity index is 374. The van der Waals surface area contributed by atoms with E-state index in [1.165, 1.54) is 18.2 Å². The quantitative estimate of drug-likeness (QED) is 0.643. The van der Waals surface area contributed by atoms with Crippen molar-refractivity contribution in [3.63, 3.8) is 0 Å². The molecule has 18 heavy (non-hydrogen) atoms. The summed E-state index contributed by atoms with van der Waals surface area (Å²) < 4.78 is 18.0. The van der Waals surface area contributed by atoms with E-state index in [0.29, 0.717) is 38.4 Å². The summed E-state index contributed by atoms with van der Waals surface area (Å²) in [6, 6.07) is 5.36. The van der Waals surface area contributed by atoms with Gasteiger partial charge in [0.25, 0.3) is 0 Å². The number of hydrogen-bond donors (Lipinski definition) is 3. The second-order valence-electron chi connectivity index (χ2n) is 3.65. The van der Waals surface area contributed by atoms with Gasteiger partial charge in [0, 0.05) is 25.4 Å². The van der Waals surface area contributed by atoms with Crippen molar-refractivity contribution in [2.24, 2.45) is 5.73 Å². The molecular weight excluding hydrogens is 237 g/mol. The zero-order valence-corrected chi connectivity index (χ0v) is 10.1. The topological polar surface area (TPSA) is 76.4 Å². The predicted molar refractivity (Wildman–Crippen MR) is 67.9 cm³/mol. The number of hydrogen-bond acceptors (Lipinski definition) is 3. The van der Waals surface area contributed by atoms with E-state index in [2.05, 4.69) is 10.6 Å². The Kier molecular flexibility index (Phi) is 6.75. The molecule has 0 radical (unpaired) electrons. The Morgan fingerprint density at radius 1 is 1.39 bits per heavy atom. The SMILES string of the molecule is NCCOCCCNC(=O)Nc1cccc(F)c1. The number of urea groups is 1. The Balaban J connectivity index is 2.14. The number of amides is 2. The molecule has 0 aliphatic heterocycles. The number of carbonyl (C=O) groups is 1. The molecular formula is C12H18FN3O2. The highest BCUT2D eigenvalue weighted by Crippen LogP contribution is 2.08. The van der Waals surface area contributed by atoms with Gasteiger partial charge in [-0.25, -0.2) is 9.18 Å². The second-order valence-corrected chi connectivity index (χ2v) is 3.65. The Labute approximate surface area is 106 Å². The van der Waals surface area contributed by atoms with Crippen LogP contribution in [-0.4, -0.2) is 32.3 Å². The summed E-state index contributed by atoms with van der Waals surface area (Å²) in [7, 11) is 0. The Hall–Kier alpha value is -1.66. The molecule has 5 nitrogen and oxygen atoms in total. The molecule has 1 aromatic rings. The summed E-state index contributed by atoms with van der Waals surface area (Å²) in [6.07, 6.45) is 0.705. The lowest BCUT2D eigenvalue weighted by Gasteiger charge is -2.07. The van der Waals surface area contributed by atoms with Crippen LogP contribution in [0.1, 0.15) is 6.42 Å². The van der Waals surface area contributed by atoms with Gasteiger partial charge in [-0.1, -0.05) is 6.07 Å². The van der Waals surface area contributed by atoms with Gasteiger partial charge in [-0.05, 0) is 24.6 Å². The molecule has 1 rings (SSSR count). The van der Waals surface area contributed by atoms with E-state index >= 15 is 0 Å². The minimum Gasteiger partial charge on any atom is -0.380 e. The first-order chi connectivity index (χ1) is 8.72. The fourth-order valence-corrected chi connectivity index (χ4v) is 1.30. The van der Waals surface area contributed by atoms with Crippen molar-refractivity contribution < 1.29 is 13.9 Å². The normalized spacial score (nSPS) is 10.1. The van der Waals surface area contributed by atoms with Gasteiger partial charge in [0.15, 0.2) is 0 Å². The highest BCUT2D eigenvalue weighted by atomic mass is 19.1. The summed E-state index contributed by atoms with van der Waals surface area (Å²) in [5.74, 6) is -0.386. The van der Waals surface area contributed by atoms with Crippen molar-refractivity contribution in [1.29, 1.82) is 0 Å². The predicted octanol–water partition coefficient (Wildman–Crippen LogP) is 1.31. The first-order valence-corrected chi connectivity index (χ1v) is 5.80. The number of halogens is 1. The van der Waals surface area contributed by atoms with Crippen molar-refractivity contribution in [3.05, 3.63) is 30.1 Å². The third kappa shape index (κ3) is 6.17. The summed E-state index contributed by atoms with van der Waals surface area (Å²) in [6.45, 7) is 2.06. The maximum atomic E-state index is 12.8. The van der Waals surface area contributed by atoms with Crippen LogP contribution in [0, 0.1) is 5.82 Å². The van der Waals surface area contributed by atoms with E-state index in [0.717, 1.165) is 0 Å². The van der Waals surface area contributed by atoms with E-state index in [1.807, 2.05) is 0 Å². The average molecular weight is 255 g/mol. The van der Waals surface area contributed by atoms with Crippen molar-refractivity contribution in [3.8, 4) is 0 Å². The van der Waals surface area contributed by atoms with Crippen LogP contribution in [0.4, 0.5) is 14.9 Å². The molecule has 0 heterocycles. The molecule has 4 N–H and O–H groups in total. The van der Waals surface area contributed by atoms with E-state index in [9.17, 15) is 9.18 Å². The number of rotatable bonds is 7.